The van der Waals surface area contributed by atoms with Crippen LogP contribution in [0.5, 0.6) is 11.5 Å². The zero-order valence-corrected chi connectivity index (χ0v) is 17.6. The van der Waals surface area contributed by atoms with Crippen molar-refractivity contribution in [1.29, 1.82) is 0 Å². The van der Waals surface area contributed by atoms with Gasteiger partial charge in [0, 0.05) is 0 Å². The van der Waals surface area contributed by atoms with Crippen molar-refractivity contribution in [1.82, 2.24) is 0 Å². The number of benzene rings is 2. The van der Waals surface area contributed by atoms with E-state index in [1.807, 2.05) is 43.3 Å². The molecule has 4 nitrogen and oxygen atoms in total. The third-order valence-electron chi connectivity index (χ3n) is 4.75. The second-order valence-corrected chi connectivity index (χ2v) is 6.52. The van der Waals surface area contributed by atoms with Gasteiger partial charge in [-0.25, -0.2) is 4.79 Å². The number of halogens is 1. The van der Waals surface area contributed by atoms with Gasteiger partial charge in [-0.15, -0.1) is 0 Å². The number of quaternary nitrogens is 1. The molecule has 0 fully saturated rings. The lowest BCUT2D eigenvalue weighted by atomic mass is 10.2. The molecule has 0 aliphatic rings. The molecule has 0 heterocycles. The molecule has 5 heteroatoms. The molecule has 0 atom stereocenters. The van der Waals surface area contributed by atoms with E-state index in [0.29, 0.717) is 23.7 Å². The van der Waals surface area contributed by atoms with E-state index in [2.05, 4.69) is 20.9 Å². The van der Waals surface area contributed by atoms with Crippen molar-refractivity contribution in [3.63, 3.8) is 0 Å². The summed E-state index contributed by atoms with van der Waals surface area (Å²) in [5.74, 6) is 0.869. The van der Waals surface area contributed by atoms with Crippen LogP contribution in [-0.4, -0.2) is 43.7 Å². The van der Waals surface area contributed by atoms with Gasteiger partial charge in [-0.05, 0) is 45.0 Å². The Balaban J connectivity index is 0.00000338. The molecule has 0 unspecified atom stereocenters. The Morgan fingerprint density at radius 3 is 2.23 bits per heavy atom. The van der Waals surface area contributed by atoms with Crippen LogP contribution >= 0.6 is 0 Å². The minimum absolute atomic E-state index is 0. The van der Waals surface area contributed by atoms with Crippen LogP contribution < -0.4 is 21.7 Å². The molecule has 0 radical (unpaired) electrons. The standard InChI is InChI=1S/C21H28NO3.BrH/c1-5-22(4,6-2)15-16-24-21(23)19-9-7-8-10-20(19)25-18-13-11-17(3)12-14-18;/h7-14H,5-6,15-16H2,1-4H3;1H/q+1;/p-1. The summed E-state index contributed by atoms with van der Waals surface area (Å²) in [4.78, 5) is 12.5. The van der Waals surface area contributed by atoms with Crippen LogP contribution in [0, 0.1) is 6.92 Å². The van der Waals surface area contributed by atoms with Gasteiger partial charge in [0.1, 0.15) is 30.2 Å². The molecule has 0 saturated heterocycles. The van der Waals surface area contributed by atoms with Crippen molar-refractivity contribution in [2.24, 2.45) is 0 Å². The lowest BCUT2D eigenvalue weighted by Crippen LogP contribution is -3.00. The number of ether oxygens (including phenoxy) is 2. The molecule has 2 aromatic rings. The zero-order chi connectivity index (χ0) is 18.3. The van der Waals surface area contributed by atoms with Crippen molar-refractivity contribution in [3.8, 4) is 11.5 Å². The van der Waals surface area contributed by atoms with Crippen molar-refractivity contribution < 1.29 is 35.7 Å². The molecule has 0 N–H and O–H groups in total. The lowest BCUT2D eigenvalue weighted by molar-refractivity contribution is -0.906. The van der Waals surface area contributed by atoms with Crippen LogP contribution in [-0.2, 0) is 4.74 Å². The number of esters is 1. The normalized spacial score (nSPS) is 10.8. The fraction of sp³-hybridized carbons (Fsp3) is 0.381. The smallest absolute Gasteiger partial charge is 0.342 e. The van der Waals surface area contributed by atoms with E-state index in [9.17, 15) is 4.79 Å². The van der Waals surface area contributed by atoms with Crippen LogP contribution in [0.2, 0.25) is 0 Å². The maximum atomic E-state index is 12.5. The van der Waals surface area contributed by atoms with Gasteiger partial charge in [0.25, 0.3) is 0 Å². The Morgan fingerprint density at radius 1 is 1.00 bits per heavy atom. The zero-order valence-electron chi connectivity index (χ0n) is 16.0. The number of rotatable bonds is 8. The van der Waals surface area contributed by atoms with Gasteiger partial charge in [-0.3, -0.25) is 0 Å². The molecule has 0 spiro atoms. The Kier molecular flexibility index (Phi) is 8.82. The van der Waals surface area contributed by atoms with Crippen LogP contribution in [0.3, 0.4) is 0 Å². The molecular weight excluding hydrogens is 394 g/mol. The van der Waals surface area contributed by atoms with Crippen molar-refractivity contribution in [3.05, 3.63) is 59.7 Å². The van der Waals surface area contributed by atoms with Gasteiger partial charge in [-0.2, -0.15) is 0 Å². The van der Waals surface area contributed by atoms with Crippen LogP contribution in [0.4, 0.5) is 0 Å². The summed E-state index contributed by atoms with van der Waals surface area (Å²) in [6.45, 7) is 9.55. The van der Waals surface area contributed by atoms with Crippen molar-refractivity contribution >= 4 is 5.97 Å². The van der Waals surface area contributed by atoms with E-state index in [1.165, 1.54) is 0 Å². The number of hydrogen-bond acceptors (Lipinski definition) is 3. The third-order valence-corrected chi connectivity index (χ3v) is 4.75. The molecule has 0 amide bonds. The third kappa shape index (κ3) is 6.15. The number of carbonyl (C=O) groups excluding carboxylic acids is 1. The van der Waals surface area contributed by atoms with Gasteiger partial charge < -0.3 is 30.9 Å². The van der Waals surface area contributed by atoms with E-state index in [4.69, 9.17) is 9.47 Å². The maximum absolute atomic E-state index is 12.5. The highest BCUT2D eigenvalue weighted by Crippen LogP contribution is 2.26. The van der Waals surface area contributed by atoms with Crippen LogP contribution in [0.25, 0.3) is 0 Å². The fourth-order valence-electron chi connectivity index (χ4n) is 2.43. The minimum Gasteiger partial charge on any atom is -1.00 e. The molecule has 142 valence electrons. The molecule has 0 saturated carbocycles. The highest BCUT2D eigenvalue weighted by Gasteiger charge is 2.19. The minimum atomic E-state index is -0.346. The molecular formula is C21H28BrNO3. The highest BCUT2D eigenvalue weighted by molar-refractivity contribution is 5.92. The Labute approximate surface area is 167 Å². The summed E-state index contributed by atoms with van der Waals surface area (Å²) < 4.78 is 12.2. The first-order chi connectivity index (χ1) is 12.0. The SMILES string of the molecule is CC[N+](C)(CC)CCOC(=O)c1ccccc1Oc1ccc(C)cc1.[Br-]. The molecule has 0 bridgehead atoms. The molecule has 2 aromatic carbocycles. The topological polar surface area (TPSA) is 35.5 Å². The van der Waals surface area contributed by atoms with Crippen molar-refractivity contribution in [2.45, 2.75) is 20.8 Å². The Morgan fingerprint density at radius 2 is 1.62 bits per heavy atom. The summed E-state index contributed by atoms with van der Waals surface area (Å²) in [7, 11) is 2.17. The van der Waals surface area contributed by atoms with Crippen molar-refractivity contribution in [2.75, 3.05) is 33.3 Å². The molecule has 0 aliphatic heterocycles. The Bertz CT molecular complexity index is 697. The largest absolute Gasteiger partial charge is 1.00 e. The molecule has 0 aromatic heterocycles. The first-order valence-electron chi connectivity index (χ1n) is 8.81. The number of para-hydroxylation sites is 1. The van der Waals surface area contributed by atoms with E-state index < -0.39 is 0 Å². The fourth-order valence-corrected chi connectivity index (χ4v) is 2.43. The van der Waals surface area contributed by atoms with Crippen LogP contribution in [0.15, 0.2) is 48.5 Å². The summed E-state index contributed by atoms with van der Waals surface area (Å²) in [5.41, 5.74) is 1.61. The van der Waals surface area contributed by atoms with E-state index in [-0.39, 0.29) is 23.0 Å². The van der Waals surface area contributed by atoms with Crippen LogP contribution in [0.1, 0.15) is 29.8 Å². The van der Waals surface area contributed by atoms with E-state index in [0.717, 1.165) is 29.7 Å². The second kappa shape index (κ2) is 10.3. The number of hydrogen-bond donors (Lipinski definition) is 0. The average molecular weight is 422 g/mol. The maximum Gasteiger partial charge on any atom is 0.342 e. The first kappa shape index (κ1) is 22.2. The van der Waals surface area contributed by atoms with Gasteiger partial charge in [-0.1, -0.05) is 29.8 Å². The number of likely N-dealkylation sites (N-methyl/N-ethyl adjacent to an activating group) is 1. The number of aryl methyl sites for hydroxylation is 1. The number of carbonyl (C=O) groups is 1. The second-order valence-electron chi connectivity index (χ2n) is 6.52. The first-order valence-corrected chi connectivity index (χ1v) is 8.81. The lowest BCUT2D eigenvalue weighted by Gasteiger charge is -2.31. The van der Waals surface area contributed by atoms with E-state index in [1.54, 1.807) is 12.1 Å². The molecule has 0 aliphatic carbocycles. The van der Waals surface area contributed by atoms with Gasteiger partial charge in [0.2, 0.25) is 0 Å². The van der Waals surface area contributed by atoms with E-state index >= 15 is 0 Å². The number of nitrogens with zero attached hydrogens (tertiary/aromatic N) is 1. The quantitative estimate of drug-likeness (QED) is 0.477. The summed E-state index contributed by atoms with van der Waals surface area (Å²) in [6.07, 6.45) is 0. The Hall–Kier alpha value is -1.85. The molecule has 2 rings (SSSR count). The van der Waals surface area contributed by atoms with Gasteiger partial charge in [0.15, 0.2) is 0 Å². The summed E-state index contributed by atoms with van der Waals surface area (Å²) in [5, 5.41) is 0. The van der Waals surface area contributed by atoms with Gasteiger partial charge in [0.05, 0.1) is 20.1 Å². The average Bonchev–Trinajstić information content (AvgIpc) is 2.63. The predicted molar refractivity (Wildman–Crippen MR) is 100 cm³/mol. The highest BCUT2D eigenvalue weighted by atomic mass is 79.9. The predicted octanol–water partition coefficient (Wildman–Crippen LogP) is 1.43. The summed E-state index contributed by atoms with van der Waals surface area (Å²) in [6, 6.07) is 14.9. The monoisotopic (exact) mass is 421 g/mol. The molecule has 26 heavy (non-hydrogen) atoms. The summed E-state index contributed by atoms with van der Waals surface area (Å²) >= 11 is 0. The van der Waals surface area contributed by atoms with Gasteiger partial charge >= 0.3 is 5.97 Å².